The summed E-state index contributed by atoms with van der Waals surface area (Å²) in [6.45, 7) is 0.835. The van der Waals surface area contributed by atoms with E-state index in [0.29, 0.717) is 16.5 Å². The van der Waals surface area contributed by atoms with Crippen LogP contribution in [-0.4, -0.2) is 36.4 Å². The van der Waals surface area contributed by atoms with Gasteiger partial charge in [-0.25, -0.2) is 0 Å². The number of thiophene rings is 1. The maximum absolute atomic E-state index is 12.5. The average molecular weight is 288 g/mol. The lowest BCUT2D eigenvalue weighted by atomic mass is 10.00. The number of alkyl halides is 1. The Morgan fingerprint density at radius 2 is 2.44 bits per heavy atom. The molecule has 18 heavy (non-hydrogen) atoms. The molecule has 1 amide bonds. The summed E-state index contributed by atoms with van der Waals surface area (Å²) >= 11 is 7.28. The standard InChI is InChI=1S/C13H18ClNO2S/c1-17-11-6-9-18-12(11)13(16)15-8-3-2-4-10(15)5-7-14/h6,9-10H,2-5,7-8H2,1H3. The number of halogens is 1. The third kappa shape index (κ3) is 2.81. The first-order valence-electron chi connectivity index (χ1n) is 6.26. The molecule has 1 saturated heterocycles. The van der Waals surface area contributed by atoms with Gasteiger partial charge in [-0.3, -0.25) is 4.79 Å². The van der Waals surface area contributed by atoms with Crippen molar-refractivity contribution in [3.8, 4) is 5.75 Å². The average Bonchev–Trinajstić information content (AvgIpc) is 2.87. The van der Waals surface area contributed by atoms with Gasteiger partial charge in [-0.05, 0) is 37.1 Å². The highest BCUT2D eigenvalue weighted by Gasteiger charge is 2.29. The number of hydrogen-bond donors (Lipinski definition) is 0. The SMILES string of the molecule is COc1ccsc1C(=O)N1CCCCC1CCCl. The number of nitrogens with zero attached hydrogens (tertiary/aromatic N) is 1. The smallest absolute Gasteiger partial charge is 0.267 e. The predicted octanol–water partition coefficient (Wildman–Crippen LogP) is 3.38. The van der Waals surface area contributed by atoms with E-state index in [1.54, 1.807) is 7.11 Å². The van der Waals surface area contributed by atoms with Gasteiger partial charge in [0.15, 0.2) is 0 Å². The van der Waals surface area contributed by atoms with Gasteiger partial charge >= 0.3 is 0 Å². The summed E-state index contributed by atoms with van der Waals surface area (Å²) in [5, 5.41) is 1.90. The van der Waals surface area contributed by atoms with Gasteiger partial charge in [0.2, 0.25) is 0 Å². The second-order valence-corrected chi connectivity index (χ2v) is 5.74. The third-order valence-electron chi connectivity index (χ3n) is 3.37. The Morgan fingerprint density at radius 3 is 3.17 bits per heavy atom. The molecule has 0 aliphatic carbocycles. The van der Waals surface area contributed by atoms with Gasteiger partial charge < -0.3 is 9.64 Å². The van der Waals surface area contributed by atoms with Crippen LogP contribution in [0.4, 0.5) is 0 Å². The number of ether oxygens (including phenoxy) is 1. The molecule has 0 saturated carbocycles. The Morgan fingerprint density at radius 1 is 1.61 bits per heavy atom. The van der Waals surface area contributed by atoms with Gasteiger partial charge in [0.25, 0.3) is 5.91 Å². The van der Waals surface area contributed by atoms with Crippen LogP contribution in [0.3, 0.4) is 0 Å². The fourth-order valence-corrected chi connectivity index (χ4v) is 3.50. The summed E-state index contributed by atoms with van der Waals surface area (Å²) in [6, 6.07) is 2.13. The molecule has 1 aliphatic heterocycles. The number of methoxy groups -OCH3 is 1. The molecule has 5 heteroatoms. The molecule has 1 aromatic heterocycles. The Hall–Kier alpha value is -0.740. The van der Waals surface area contributed by atoms with Gasteiger partial charge in [-0.2, -0.15) is 0 Å². The molecule has 0 spiro atoms. The Balaban J connectivity index is 2.15. The zero-order chi connectivity index (χ0) is 13.0. The van der Waals surface area contributed by atoms with Crippen molar-refractivity contribution in [3.05, 3.63) is 16.3 Å². The summed E-state index contributed by atoms with van der Waals surface area (Å²) in [4.78, 5) is 15.2. The van der Waals surface area contributed by atoms with E-state index in [-0.39, 0.29) is 11.9 Å². The Labute approximate surface area is 117 Å². The van der Waals surface area contributed by atoms with Crippen molar-refractivity contribution >= 4 is 28.8 Å². The highest BCUT2D eigenvalue weighted by molar-refractivity contribution is 7.12. The normalized spacial score (nSPS) is 19.9. The van der Waals surface area contributed by atoms with Crippen LogP contribution in [0.25, 0.3) is 0 Å². The molecular formula is C13H18ClNO2S. The molecular weight excluding hydrogens is 270 g/mol. The van der Waals surface area contributed by atoms with Crippen LogP contribution in [0.15, 0.2) is 11.4 Å². The molecule has 0 aromatic carbocycles. The zero-order valence-corrected chi connectivity index (χ0v) is 12.1. The monoisotopic (exact) mass is 287 g/mol. The van der Waals surface area contributed by atoms with Crippen molar-refractivity contribution in [1.29, 1.82) is 0 Å². The number of carbonyl (C=O) groups excluding carboxylic acids is 1. The lowest BCUT2D eigenvalue weighted by molar-refractivity contribution is 0.0611. The van der Waals surface area contributed by atoms with E-state index >= 15 is 0 Å². The minimum absolute atomic E-state index is 0.0941. The van der Waals surface area contributed by atoms with Crippen molar-refractivity contribution < 1.29 is 9.53 Å². The third-order valence-corrected chi connectivity index (χ3v) is 4.48. The van der Waals surface area contributed by atoms with Gasteiger partial charge in [0.05, 0.1) is 7.11 Å². The van der Waals surface area contributed by atoms with E-state index in [4.69, 9.17) is 16.3 Å². The maximum Gasteiger partial charge on any atom is 0.267 e. The van der Waals surface area contributed by atoms with Crippen molar-refractivity contribution in [1.82, 2.24) is 4.90 Å². The fourth-order valence-electron chi connectivity index (χ4n) is 2.44. The van der Waals surface area contributed by atoms with Crippen LogP contribution in [-0.2, 0) is 0 Å². The van der Waals surface area contributed by atoms with Crippen molar-refractivity contribution in [2.45, 2.75) is 31.7 Å². The first-order valence-corrected chi connectivity index (χ1v) is 7.67. The first-order chi connectivity index (χ1) is 8.77. The molecule has 0 radical (unpaired) electrons. The predicted molar refractivity (Wildman–Crippen MR) is 74.9 cm³/mol. The Bertz CT molecular complexity index is 405. The minimum atomic E-state index is 0.0941. The van der Waals surface area contributed by atoms with E-state index in [2.05, 4.69) is 0 Å². The van der Waals surface area contributed by atoms with E-state index in [1.165, 1.54) is 17.8 Å². The molecule has 2 heterocycles. The molecule has 100 valence electrons. The van der Waals surface area contributed by atoms with Gasteiger partial charge in [0.1, 0.15) is 10.6 Å². The van der Waals surface area contributed by atoms with Gasteiger partial charge in [0, 0.05) is 18.5 Å². The fraction of sp³-hybridized carbons (Fsp3) is 0.615. The summed E-state index contributed by atoms with van der Waals surface area (Å²) in [7, 11) is 1.60. The van der Waals surface area contributed by atoms with Crippen LogP contribution in [0.2, 0.25) is 0 Å². The molecule has 3 nitrogen and oxygen atoms in total. The van der Waals surface area contributed by atoms with Crippen LogP contribution in [0.5, 0.6) is 5.75 Å². The van der Waals surface area contributed by atoms with Crippen LogP contribution in [0, 0.1) is 0 Å². The number of rotatable bonds is 4. The molecule has 1 aliphatic rings. The molecule has 1 unspecified atom stereocenters. The summed E-state index contributed by atoms with van der Waals surface area (Å²) in [5.74, 6) is 1.38. The van der Waals surface area contributed by atoms with E-state index in [0.717, 1.165) is 25.8 Å². The molecule has 1 atom stereocenters. The number of likely N-dealkylation sites (tertiary alicyclic amines) is 1. The van der Waals surface area contributed by atoms with Gasteiger partial charge in [-0.1, -0.05) is 0 Å². The largest absolute Gasteiger partial charge is 0.495 e. The van der Waals surface area contributed by atoms with E-state index < -0.39 is 0 Å². The topological polar surface area (TPSA) is 29.5 Å². The van der Waals surface area contributed by atoms with Gasteiger partial charge in [-0.15, -0.1) is 22.9 Å². The minimum Gasteiger partial charge on any atom is -0.495 e. The van der Waals surface area contributed by atoms with Crippen LogP contribution in [0.1, 0.15) is 35.4 Å². The number of piperidine rings is 1. The molecule has 1 fully saturated rings. The number of hydrogen-bond acceptors (Lipinski definition) is 3. The molecule has 0 N–H and O–H groups in total. The van der Waals surface area contributed by atoms with Crippen LogP contribution >= 0.6 is 22.9 Å². The highest BCUT2D eigenvalue weighted by Crippen LogP contribution is 2.29. The number of carbonyl (C=O) groups is 1. The van der Waals surface area contributed by atoms with Crippen LogP contribution < -0.4 is 4.74 Å². The zero-order valence-electron chi connectivity index (χ0n) is 10.5. The summed E-state index contributed by atoms with van der Waals surface area (Å²) < 4.78 is 5.23. The quantitative estimate of drug-likeness (QED) is 0.795. The summed E-state index contributed by atoms with van der Waals surface area (Å²) in [5.41, 5.74) is 0. The summed E-state index contributed by atoms with van der Waals surface area (Å²) in [6.07, 6.45) is 4.21. The van der Waals surface area contributed by atoms with E-state index in [9.17, 15) is 4.79 Å². The first kappa shape index (κ1) is 13.7. The van der Waals surface area contributed by atoms with Crippen molar-refractivity contribution in [2.75, 3.05) is 19.5 Å². The second-order valence-electron chi connectivity index (χ2n) is 4.44. The Kier molecular flexibility index (Phi) is 4.89. The van der Waals surface area contributed by atoms with Crippen molar-refractivity contribution in [2.24, 2.45) is 0 Å². The molecule has 0 bridgehead atoms. The van der Waals surface area contributed by atoms with E-state index in [1.807, 2.05) is 16.3 Å². The second kappa shape index (κ2) is 6.43. The molecule has 2 rings (SSSR count). The highest BCUT2D eigenvalue weighted by atomic mass is 35.5. The molecule has 1 aromatic rings. The van der Waals surface area contributed by atoms with Crippen molar-refractivity contribution in [3.63, 3.8) is 0 Å². The maximum atomic E-state index is 12.5. The number of amides is 1. The lowest BCUT2D eigenvalue weighted by Crippen LogP contribution is -2.43. The lowest BCUT2D eigenvalue weighted by Gasteiger charge is -2.35.